The third-order valence-corrected chi connectivity index (χ3v) is 22.1. The van der Waals surface area contributed by atoms with Gasteiger partial charge in [-0.25, -0.2) is 66.7 Å². The standard InChI is InChI=1S/3C29H28F4IN3O/c3*1-28(2,3)17-12-16(13-18(14-17)29(4,5)6)25-27(34)37(36-35-25)26-23(32)21(30)20(22(31)24(26)33)15-8-10-19(38-7)11-9-15/h3*8-14H,1-7H3. The van der Waals surface area contributed by atoms with Crippen LogP contribution in [0.3, 0.4) is 0 Å². The van der Waals surface area contributed by atoms with Gasteiger partial charge in [0.2, 0.25) is 0 Å². The van der Waals surface area contributed by atoms with Crippen LogP contribution < -0.4 is 14.2 Å². The Kier molecular flexibility index (Phi) is 25.4. The topological polar surface area (TPSA) is 120 Å². The van der Waals surface area contributed by atoms with E-state index < -0.39 is 104 Å². The number of ether oxygens (including phenoxy) is 3. The molecule has 12 rings (SSSR count). The molecule has 114 heavy (non-hydrogen) atoms. The van der Waals surface area contributed by atoms with Gasteiger partial charge in [0.25, 0.3) is 0 Å². The average molecular weight is 1910 g/mol. The molecular formula is C87H84F12I3N9O3. The van der Waals surface area contributed by atoms with Gasteiger partial charge in [0.15, 0.2) is 69.8 Å². The first kappa shape index (κ1) is 87.5. The van der Waals surface area contributed by atoms with E-state index in [9.17, 15) is 0 Å². The highest BCUT2D eigenvalue weighted by Gasteiger charge is 2.36. The van der Waals surface area contributed by atoms with Crippen molar-refractivity contribution >= 4 is 67.8 Å². The Morgan fingerprint density at radius 2 is 0.412 bits per heavy atom. The van der Waals surface area contributed by atoms with Gasteiger partial charge in [-0.05, 0) is 223 Å². The Morgan fingerprint density at radius 3 is 0.561 bits per heavy atom. The second kappa shape index (κ2) is 33.0. The van der Waals surface area contributed by atoms with Crippen LogP contribution in [-0.2, 0) is 32.5 Å². The fourth-order valence-corrected chi connectivity index (χ4v) is 14.4. The molecule has 9 aromatic carbocycles. The summed E-state index contributed by atoms with van der Waals surface area (Å²) in [6.45, 7) is 37.5. The van der Waals surface area contributed by atoms with E-state index in [1.165, 1.54) is 94.1 Å². The Balaban J connectivity index is 0.000000181. The molecule has 0 unspecified atom stereocenters. The van der Waals surface area contributed by atoms with Gasteiger partial charge in [-0.1, -0.05) is 195 Å². The zero-order valence-corrected chi connectivity index (χ0v) is 73.0. The smallest absolute Gasteiger partial charge is 0.188 e. The van der Waals surface area contributed by atoms with Gasteiger partial charge in [-0.2, -0.15) is 0 Å². The van der Waals surface area contributed by atoms with Crippen LogP contribution in [0.4, 0.5) is 52.7 Å². The minimum atomic E-state index is -1.57. The van der Waals surface area contributed by atoms with Gasteiger partial charge >= 0.3 is 0 Å². The summed E-state index contributed by atoms with van der Waals surface area (Å²) < 4.78 is 202. The predicted octanol–water partition coefficient (Wildman–Crippen LogP) is 25.1. The van der Waals surface area contributed by atoms with Gasteiger partial charge in [0.1, 0.15) is 62.5 Å². The van der Waals surface area contributed by atoms with Crippen molar-refractivity contribution in [1.29, 1.82) is 0 Å². The summed E-state index contributed by atoms with van der Waals surface area (Å²) in [5.74, 6) is -17.3. The van der Waals surface area contributed by atoms with E-state index in [4.69, 9.17) is 14.2 Å². The molecule has 0 aliphatic heterocycles. The van der Waals surface area contributed by atoms with Crippen LogP contribution in [0.1, 0.15) is 158 Å². The molecule has 0 aliphatic rings. The number of hydrogen-bond donors (Lipinski definition) is 0. The number of methoxy groups -OCH3 is 3. The van der Waals surface area contributed by atoms with E-state index >= 15 is 52.7 Å². The third kappa shape index (κ3) is 17.8. The lowest BCUT2D eigenvalue weighted by Crippen LogP contribution is -2.16. The van der Waals surface area contributed by atoms with Crippen molar-refractivity contribution in [3.63, 3.8) is 0 Å². The highest BCUT2D eigenvalue weighted by Crippen LogP contribution is 2.44. The molecule has 0 radical (unpaired) electrons. The monoisotopic (exact) mass is 1910 g/mol. The lowest BCUT2D eigenvalue weighted by atomic mass is 9.79. The number of rotatable bonds is 12. The van der Waals surface area contributed by atoms with Crippen molar-refractivity contribution in [2.75, 3.05) is 21.3 Å². The van der Waals surface area contributed by atoms with E-state index in [2.05, 4.69) is 174 Å². The van der Waals surface area contributed by atoms with Gasteiger partial charge in [0.05, 0.1) is 38.0 Å². The van der Waals surface area contributed by atoms with Gasteiger partial charge < -0.3 is 14.2 Å². The van der Waals surface area contributed by atoms with E-state index in [0.29, 0.717) is 51.0 Å². The first-order valence-corrected chi connectivity index (χ1v) is 39.0. The molecule has 0 spiro atoms. The number of nitrogens with zero attached hydrogens (tertiary/aromatic N) is 9. The van der Waals surface area contributed by atoms with Crippen molar-refractivity contribution in [2.45, 2.75) is 157 Å². The normalized spacial score (nSPS) is 12.2. The van der Waals surface area contributed by atoms with Crippen LogP contribution in [0.2, 0.25) is 0 Å². The molecule has 27 heteroatoms. The second-order valence-corrected chi connectivity index (χ2v) is 36.5. The summed E-state index contributed by atoms with van der Waals surface area (Å²) in [5, 5.41) is 24.2. The van der Waals surface area contributed by atoms with Crippen LogP contribution in [0.25, 0.3) is 84.2 Å². The zero-order chi connectivity index (χ0) is 84.5. The number of benzene rings is 9. The van der Waals surface area contributed by atoms with E-state index in [1.807, 2.05) is 104 Å². The lowest BCUT2D eigenvalue weighted by Gasteiger charge is -2.26. The largest absolute Gasteiger partial charge is 0.497 e. The van der Waals surface area contributed by atoms with Crippen LogP contribution >= 0.6 is 67.8 Å². The summed E-state index contributed by atoms with van der Waals surface area (Å²) in [4.78, 5) is 0. The molecule has 3 heterocycles. The Labute approximate surface area is 695 Å². The maximum atomic E-state index is 15.4. The fraction of sp³-hybridized carbons (Fsp3) is 0.310. The number of halogens is 15. The molecule has 0 fully saturated rings. The molecule has 0 bridgehead atoms. The lowest BCUT2D eigenvalue weighted by molar-refractivity contribution is 0.414. The molecule has 0 saturated carbocycles. The van der Waals surface area contributed by atoms with Crippen LogP contribution in [0.5, 0.6) is 17.2 Å². The first-order valence-electron chi connectivity index (χ1n) is 35.8. The molecule has 0 atom stereocenters. The van der Waals surface area contributed by atoms with Crippen molar-refractivity contribution < 1.29 is 66.9 Å². The molecule has 0 N–H and O–H groups in total. The first-order chi connectivity index (χ1) is 52.9. The van der Waals surface area contributed by atoms with E-state index in [-0.39, 0.29) is 60.3 Å². The zero-order valence-electron chi connectivity index (χ0n) is 66.5. The van der Waals surface area contributed by atoms with Crippen LogP contribution in [0, 0.1) is 80.9 Å². The molecule has 3 aromatic heterocycles. The maximum Gasteiger partial charge on any atom is 0.188 e. The number of hydrogen-bond acceptors (Lipinski definition) is 9. The summed E-state index contributed by atoms with van der Waals surface area (Å²) in [5.41, 5.74) is 2.85. The van der Waals surface area contributed by atoms with Crippen molar-refractivity contribution in [3.8, 4) is 101 Å². The molecule has 0 amide bonds. The molecule has 12 nitrogen and oxygen atoms in total. The second-order valence-electron chi connectivity index (χ2n) is 33.4. The Morgan fingerprint density at radius 1 is 0.246 bits per heavy atom. The molecular weight excluding hydrogens is 1830 g/mol. The van der Waals surface area contributed by atoms with Crippen molar-refractivity contribution in [3.05, 3.63) is 242 Å². The molecule has 0 saturated heterocycles. The fourth-order valence-electron chi connectivity index (χ4n) is 12.1. The minimum absolute atomic E-state index is 0.0344. The Hall–Kier alpha value is -8.85. The molecule has 600 valence electrons. The Bertz CT molecular complexity index is 4920. The van der Waals surface area contributed by atoms with Crippen LogP contribution in [-0.4, -0.2) is 66.3 Å². The summed E-state index contributed by atoms with van der Waals surface area (Å²) in [6.07, 6.45) is 0. The highest BCUT2D eigenvalue weighted by molar-refractivity contribution is 14.1. The summed E-state index contributed by atoms with van der Waals surface area (Å²) in [6, 6.07) is 34.7. The van der Waals surface area contributed by atoms with Crippen molar-refractivity contribution in [2.24, 2.45) is 0 Å². The summed E-state index contributed by atoms with van der Waals surface area (Å²) in [7, 11) is 4.30. The van der Waals surface area contributed by atoms with E-state index in [1.54, 1.807) is 0 Å². The predicted molar refractivity (Wildman–Crippen MR) is 446 cm³/mol. The van der Waals surface area contributed by atoms with Crippen molar-refractivity contribution in [1.82, 2.24) is 45.0 Å². The van der Waals surface area contributed by atoms with Gasteiger partial charge in [0, 0.05) is 16.7 Å². The summed E-state index contributed by atoms with van der Waals surface area (Å²) >= 11 is 5.52. The third-order valence-electron chi connectivity index (χ3n) is 19.2. The number of aromatic nitrogens is 9. The highest BCUT2D eigenvalue weighted by atomic mass is 127. The SMILES string of the molecule is COc1ccc(-c2c(F)c(F)c(-n3nnc(-c4cc(C(C)(C)C)cc(C(C)(C)C)c4)c3I)c(F)c2F)cc1.COc1ccc(-c2c(F)c(F)c(-n3nnc(-c4cc(C(C)(C)C)cc(C(C)(C)C)c4)c3I)c(F)c2F)cc1.COc1ccc(-c2c(F)c(F)c(-n3nnc(-c4cc(C(C)(C)C)cc(C(C)(C)C)c4)c3I)c(F)c2F)cc1. The average Bonchev–Trinajstić information content (AvgIpc) is 1.27. The van der Waals surface area contributed by atoms with Gasteiger partial charge in [-0.3, -0.25) is 0 Å². The maximum absolute atomic E-state index is 15.4. The minimum Gasteiger partial charge on any atom is -0.497 e. The molecule has 12 aromatic rings. The van der Waals surface area contributed by atoms with E-state index in [0.717, 1.165) is 47.4 Å². The van der Waals surface area contributed by atoms with Crippen LogP contribution in [0.15, 0.2) is 127 Å². The quantitative estimate of drug-likeness (QED) is 0.0669. The molecule has 0 aliphatic carbocycles. The van der Waals surface area contributed by atoms with Gasteiger partial charge in [-0.15, -0.1) is 15.3 Å².